The number of hydrogen-bond acceptors (Lipinski definition) is 2. The van der Waals surface area contributed by atoms with Crippen LogP contribution in [-0.4, -0.2) is 12.5 Å². The maximum Gasteiger partial charge on any atom is 0.262 e. The molecule has 0 bridgehead atoms. The molecule has 3 nitrogen and oxygen atoms in total. The number of aryl methyl sites for hydroxylation is 2. The first-order valence-corrected chi connectivity index (χ1v) is 7.30. The summed E-state index contributed by atoms with van der Waals surface area (Å²) in [5.41, 5.74) is 2.09. The van der Waals surface area contributed by atoms with E-state index in [1.165, 1.54) is 0 Å². The smallest absolute Gasteiger partial charge is 0.262 e. The summed E-state index contributed by atoms with van der Waals surface area (Å²) < 4.78 is 70.6. The van der Waals surface area contributed by atoms with E-state index in [1.807, 2.05) is 6.92 Å². The van der Waals surface area contributed by atoms with E-state index in [2.05, 4.69) is 10.1 Å². The minimum absolute atomic E-state index is 0.510. The Morgan fingerprint density at radius 1 is 1.00 bits per heavy atom. The summed E-state index contributed by atoms with van der Waals surface area (Å²) in [5.74, 6) is -13.1. The van der Waals surface area contributed by atoms with Crippen molar-refractivity contribution in [2.24, 2.45) is 0 Å². The van der Waals surface area contributed by atoms with Crippen molar-refractivity contribution < 1.29 is 31.5 Å². The maximum atomic E-state index is 13.5. The summed E-state index contributed by atoms with van der Waals surface area (Å²) in [6, 6.07) is 5.34. The van der Waals surface area contributed by atoms with Gasteiger partial charge in [-0.25, -0.2) is 13.2 Å². The van der Waals surface area contributed by atoms with Gasteiger partial charge in [0.2, 0.25) is 29.1 Å². The molecule has 0 fully saturated rings. The highest BCUT2D eigenvalue weighted by atomic mass is 19.2. The van der Waals surface area contributed by atoms with Crippen LogP contribution in [0, 0.1) is 36.0 Å². The van der Waals surface area contributed by atoms with Crippen LogP contribution < -0.4 is 10.1 Å². The highest BCUT2D eigenvalue weighted by molar-refractivity contribution is 5.93. The summed E-state index contributed by atoms with van der Waals surface area (Å²) in [7, 11) is 0. The van der Waals surface area contributed by atoms with Crippen LogP contribution in [0.15, 0.2) is 18.2 Å². The average Bonchev–Trinajstić information content (AvgIpc) is 2.60. The fourth-order valence-corrected chi connectivity index (χ4v) is 2.23. The Bertz CT molecular complexity index is 794. The number of carbonyl (C=O) groups excluding carboxylic acids is 1. The molecule has 1 amide bonds. The number of para-hydroxylation sites is 1. The second kappa shape index (κ2) is 7.50. The molecule has 2 aromatic carbocycles. The number of carbonyl (C=O) groups is 1. The third-order valence-electron chi connectivity index (χ3n) is 3.52. The van der Waals surface area contributed by atoms with Gasteiger partial charge < -0.3 is 10.1 Å². The fraction of sp³-hybridized carbons (Fsp3) is 0.235. The van der Waals surface area contributed by atoms with E-state index in [0.717, 1.165) is 11.1 Å². The largest absolute Gasteiger partial charge is 0.477 e. The van der Waals surface area contributed by atoms with Crippen molar-refractivity contribution in [2.45, 2.75) is 20.3 Å². The molecule has 1 N–H and O–H groups in total. The lowest BCUT2D eigenvalue weighted by atomic mass is 10.1. The first kappa shape index (κ1) is 18.7. The van der Waals surface area contributed by atoms with Gasteiger partial charge in [0, 0.05) is 5.69 Å². The quantitative estimate of drug-likeness (QED) is 0.492. The number of nitrogens with one attached hydrogen (secondary N) is 1. The van der Waals surface area contributed by atoms with Crippen molar-refractivity contribution in [1.29, 1.82) is 0 Å². The zero-order valence-electron chi connectivity index (χ0n) is 13.4. The van der Waals surface area contributed by atoms with Crippen molar-refractivity contribution in [2.75, 3.05) is 11.9 Å². The molecule has 0 heterocycles. The van der Waals surface area contributed by atoms with Crippen molar-refractivity contribution in [3.8, 4) is 5.75 Å². The van der Waals surface area contributed by atoms with Gasteiger partial charge in [-0.15, -0.1) is 0 Å². The van der Waals surface area contributed by atoms with Crippen molar-refractivity contribution >= 4 is 11.6 Å². The zero-order chi connectivity index (χ0) is 18.7. The number of amides is 1. The van der Waals surface area contributed by atoms with Crippen LogP contribution in [0.3, 0.4) is 0 Å². The van der Waals surface area contributed by atoms with Crippen molar-refractivity contribution in [3.63, 3.8) is 0 Å². The molecule has 0 aliphatic carbocycles. The predicted octanol–water partition coefficient (Wildman–Crippen LogP) is 4.27. The number of hydrogen-bond donors (Lipinski definition) is 1. The molecule has 8 heteroatoms. The first-order valence-electron chi connectivity index (χ1n) is 7.30. The van der Waals surface area contributed by atoms with Crippen LogP contribution in [-0.2, 0) is 11.2 Å². The van der Waals surface area contributed by atoms with Crippen molar-refractivity contribution in [1.82, 2.24) is 0 Å². The van der Waals surface area contributed by atoms with Crippen LogP contribution in [0.5, 0.6) is 5.75 Å². The summed E-state index contributed by atoms with van der Waals surface area (Å²) in [6.45, 7) is 2.70. The number of ether oxygens (including phenoxy) is 1. The normalized spacial score (nSPS) is 10.7. The lowest BCUT2D eigenvalue weighted by molar-refractivity contribution is -0.118. The molecule has 2 aromatic rings. The molecule has 0 saturated heterocycles. The Hall–Kier alpha value is -2.64. The van der Waals surface area contributed by atoms with Crippen molar-refractivity contribution in [3.05, 3.63) is 58.4 Å². The van der Waals surface area contributed by atoms with Gasteiger partial charge in [0.1, 0.15) is 0 Å². The Morgan fingerprint density at radius 2 is 1.56 bits per heavy atom. The summed E-state index contributed by atoms with van der Waals surface area (Å²) in [6.07, 6.45) is 0.621. The highest BCUT2D eigenvalue weighted by Crippen LogP contribution is 2.29. The Balaban J connectivity index is 2.17. The van der Waals surface area contributed by atoms with Crippen LogP contribution in [0.25, 0.3) is 0 Å². The molecule has 0 radical (unpaired) electrons. The van der Waals surface area contributed by atoms with Gasteiger partial charge in [-0.2, -0.15) is 8.78 Å². The summed E-state index contributed by atoms with van der Waals surface area (Å²) in [4.78, 5) is 11.9. The molecule has 0 aliphatic heterocycles. The van der Waals surface area contributed by atoms with Crippen LogP contribution in [0.2, 0.25) is 0 Å². The Kier molecular flexibility index (Phi) is 5.61. The standard InChI is InChI=1S/C17H14F5NO2/c1-3-9-6-4-5-8(2)16(9)23-10(24)7-25-17-14(21)12(19)11(18)13(20)15(17)22/h4-6H,3,7H2,1-2H3,(H,23,24). The lowest BCUT2D eigenvalue weighted by Gasteiger charge is -2.14. The monoisotopic (exact) mass is 359 g/mol. The fourth-order valence-electron chi connectivity index (χ4n) is 2.23. The molecule has 134 valence electrons. The zero-order valence-corrected chi connectivity index (χ0v) is 13.4. The third kappa shape index (κ3) is 3.72. The van der Waals surface area contributed by atoms with E-state index in [9.17, 15) is 26.7 Å². The molecular weight excluding hydrogens is 345 g/mol. The molecule has 0 aliphatic rings. The van der Waals surface area contributed by atoms with Gasteiger partial charge in [-0.05, 0) is 24.5 Å². The van der Waals surface area contributed by atoms with Crippen LogP contribution in [0.4, 0.5) is 27.6 Å². The molecule has 25 heavy (non-hydrogen) atoms. The molecular formula is C17H14F5NO2. The van der Waals surface area contributed by atoms with E-state index in [4.69, 9.17) is 0 Å². The lowest BCUT2D eigenvalue weighted by Crippen LogP contribution is -2.22. The molecule has 0 aromatic heterocycles. The number of halogens is 5. The molecule has 2 rings (SSSR count). The van der Waals surface area contributed by atoms with Gasteiger partial charge in [-0.1, -0.05) is 25.1 Å². The average molecular weight is 359 g/mol. The van der Waals surface area contributed by atoms with Gasteiger partial charge in [-0.3, -0.25) is 4.79 Å². The topological polar surface area (TPSA) is 38.3 Å². The molecule has 0 atom stereocenters. The minimum Gasteiger partial charge on any atom is -0.477 e. The van der Waals surface area contributed by atoms with Gasteiger partial charge in [0.05, 0.1) is 0 Å². The van der Waals surface area contributed by atoms with E-state index >= 15 is 0 Å². The summed E-state index contributed by atoms with van der Waals surface area (Å²) in [5, 5.41) is 2.51. The van der Waals surface area contributed by atoms with E-state index in [-0.39, 0.29) is 0 Å². The second-order valence-electron chi connectivity index (χ2n) is 5.20. The Morgan fingerprint density at radius 3 is 2.12 bits per heavy atom. The van der Waals surface area contributed by atoms with E-state index < -0.39 is 47.3 Å². The number of rotatable bonds is 5. The highest BCUT2D eigenvalue weighted by Gasteiger charge is 2.27. The Labute approximate surface area is 140 Å². The van der Waals surface area contributed by atoms with Gasteiger partial charge >= 0.3 is 0 Å². The summed E-state index contributed by atoms with van der Waals surface area (Å²) >= 11 is 0. The second-order valence-corrected chi connectivity index (χ2v) is 5.20. The van der Waals surface area contributed by atoms with E-state index in [0.29, 0.717) is 12.1 Å². The SMILES string of the molecule is CCc1cccc(C)c1NC(=O)COc1c(F)c(F)c(F)c(F)c1F. The predicted molar refractivity (Wildman–Crippen MR) is 80.9 cm³/mol. The number of anilines is 1. The van der Waals surface area contributed by atoms with Gasteiger partial charge in [0.25, 0.3) is 5.91 Å². The maximum absolute atomic E-state index is 13.5. The van der Waals surface area contributed by atoms with E-state index in [1.54, 1.807) is 25.1 Å². The molecule has 0 unspecified atom stereocenters. The number of benzene rings is 2. The third-order valence-corrected chi connectivity index (χ3v) is 3.52. The van der Waals surface area contributed by atoms with Gasteiger partial charge in [0.15, 0.2) is 12.4 Å². The minimum atomic E-state index is -2.29. The first-order chi connectivity index (χ1) is 11.8. The molecule has 0 saturated carbocycles. The van der Waals surface area contributed by atoms with Crippen LogP contribution >= 0.6 is 0 Å². The molecule has 0 spiro atoms. The van der Waals surface area contributed by atoms with Crippen LogP contribution in [0.1, 0.15) is 18.1 Å².